The lowest BCUT2D eigenvalue weighted by Gasteiger charge is -2.21. The number of guanidine groups is 1. The van der Waals surface area contributed by atoms with Gasteiger partial charge in [-0.2, -0.15) is 11.8 Å². The summed E-state index contributed by atoms with van der Waals surface area (Å²) in [7, 11) is 0. The number of nitrogens with one attached hydrogen (secondary N) is 2. The quantitative estimate of drug-likeness (QED) is 0.541. The van der Waals surface area contributed by atoms with E-state index in [4.69, 9.17) is 11.6 Å². The number of aliphatic hydroxyl groups excluding tert-OH is 1. The standard InChI is InChI=1S/C17H26ClN3OS/c1-3-19-16(21-12-17(2)9-4-10-23-17)20-11-15(22)13-5-7-14(18)8-6-13/h5-8,15,22H,3-4,9-12H2,1-2H3,(H2,19,20,21). The SMILES string of the molecule is CCNC(=NCC1(C)CCCS1)NCC(O)c1ccc(Cl)cc1. The Labute approximate surface area is 148 Å². The Bertz CT molecular complexity index is 515. The van der Waals surface area contributed by atoms with Crippen molar-refractivity contribution in [2.24, 2.45) is 4.99 Å². The number of rotatable bonds is 6. The summed E-state index contributed by atoms with van der Waals surface area (Å²) in [5, 5.41) is 17.4. The first kappa shape index (κ1) is 18.4. The van der Waals surface area contributed by atoms with Gasteiger partial charge in [0.2, 0.25) is 0 Å². The number of aliphatic imine (C=N–C) groups is 1. The van der Waals surface area contributed by atoms with Crippen LogP contribution in [0.2, 0.25) is 5.02 Å². The number of nitrogens with zero attached hydrogens (tertiary/aromatic N) is 1. The van der Waals surface area contributed by atoms with Crippen molar-refractivity contribution >= 4 is 29.3 Å². The van der Waals surface area contributed by atoms with Crippen molar-refractivity contribution in [1.29, 1.82) is 0 Å². The van der Waals surface area contributed by atoms with Crippen LogP contribution in [0, 0.1) is 0 Å². The van der Waals surface area contributed by atoms with Crippen molar-refractivity contribution in [2.75, 3.05) is 25.4 Å². The van der Waals surface area contributed by atoms with Gasteiger partial charge in [0, 0.05) is 22.9 Å². The molecule has 4 nitrogen and oxygen atoms in total. The Balaban J connectivity index is 1.89. The largest absolute Gasteiger partial charge is 0.387 e. The van der Waals surface area contributed by atoms with E-state index < -0.39 is 6.10 Å². The maximum absolute atomic E-state index is 10.3. The lowest BCUT2D eigenvalue weighted by molar-refractivity contribution is 0.181. The predicted octanol–water partition coefficient (Wildman–Crippen LogP) is 3.21. The molecule has 0 spiro atoms. The van der Waals surface area contributed by atoms with E-state index in [2.05, 4.69) is 22.5 Å². The van der Waals surface area contributed by atoms with Crippen LogP contribution in [0.3, 0.4) is 0 Å². The fraction of sp³-hybridized carbons (Fsp3) is 0.588. The highest BCUT2D eigenvalue weighted by molar-refractivity contribution is 8.00. The van der Waals surface area contributed by atoms with E-state index in [1.165, 1.54) is 18.6 Å². The van der Waals surface area contributed by atoms with Gasteiger partial charge < -0.3 is 15.7 Å². The number of aliphatic hydroxyl groups is 1. The minimum atomic E-state index is -0.590. The van der Waals surface area contributed by atoms with Gasteiger partial charge in [0.1, 0.15) is 0 Å². The molecule has 0 aliphatic carbocycles. The van der Waals surface area contributed by atoms with Crippen LogP contribution < -0.4 is 10.6 Å². The molecule has 1 fully saturated rings. The van der Waals surface area contributed by atoms with E-state index in [-0.39, 0.29) is 4.75 Å². The number of thioether (sulfide) groups is 1. The summed E-state index contributed by atoms with van der Waals surface area (Å²) in [4.78, 5) is 4.69. The highest BCUT2D eigenvalue weighted by Crippen LogP contribution is 2.37. The summed E-state index contributed by atoms with van der Waals surface area (Å²) >= 11 is 7.88. The first-order chi connectivity index (χ1) is 11.0. The molecule has 1 saturated heterocycles. The van der Waals surface area contributed by atoms with Crippen molar-refractivity contribution in [3.05, 3.63) is 34.9 Å². The van der Waals surface area contributed by atoms with Gasteiger partial charge in [0.15, 0.2) is 5.96 Å². The Morgan fingerprint density at radius 1 is 1.39 bits per heavy atom. The number of hydrogen-bond acceptors (Lipinski definition) is 3. The second-order valence-electron chi connectivity index (χ2n) is 6.05. The van der Waals surface area contributed by atoms with Crippen LogP contribution >= 0.6 is 23.4 Å². The third-order valence-electron chi connectivity index (χ3n) is 3.93. The fourth-order valence-corrected chi connectivity index (χ4v) is 3.90. The van der Waals surface area contributed by atoms with Gasteiger partial charge in [0.05, 0.1) is 12.6 Å². The average Bonchev–Trinajstić information content (AvgIpc) is 2.97. The Kier molecular flexibility index (Phi) is 7.06. The van der Waals surface area contributed by atoms with E-state index in [1.54, 1.807) is 12.1 Å². The highest BCUT2D eigenvalue weighted by Gasteiger charge is 2.29. The summed E-state index contributed by atoms with van der Waals surface area (Å²) < 4.78 is 0.247. The van der Waals surface area contributed by atoms with Crippen LogP contribution in [0.5, 0.6) is 0 Å². The molecule has 1 aliphatic rings. The minimum absolute atomic E-state index is 0.247. The van der Waals surface area contributed by atoms with E-state index in [0.29, 0.717) is 11.6 Å². The lowest BCUT2D eigenvalue weighted by Crippen LogP contribution is -2.40. The van der Waals surface area contributed by atoms with Gasteiger partial charge >= 0.3 is 0 Å². The van der Waals surface area contributed by atoms with Crippen LogP contribution in [0.1, 0.15) is 38.4 Å². The smallest absolute Gasteiger partial charge is 0.191 e. The zero-order chi connectivity index (χ0) is 16.7. The lowest BCUT2D eigenvalue weighted by atomic mass is 10.1. The molecule has 1 aliphatic heterocycles. The Morgan fingerprint density at radius 2 is 2.13 bits per heavy atom. The summed E-state index contributed by atoms with van der Waals surface area (Å²) in [5.41, 5.74) is 0.844. The fourth-order valence-electron chi connectivity index (χ4n) is 2.55. The van der Waals surface area contributed by atoms with E-state index >= 15 is 0 Å². The van der Waals surface area contributed by atoms with Gasteiger partial charge in [-0.15, -0.1) is 0 Å². The highest BCUT2D eigenvalue weighted by atomic mass is 35.5. The van der Waals surface area contributed by atoms with Crippen LogP contribution in [0.25, 0.3) is 0 Å². The number of halogens is 1. The van der Waals surface area contributed by atoms with Gasteiger partial charge in [-0.05, 0) is 50.1 Å². The second kappa shape index (κ2) is 8.81. The van der Waals surface area contributed by atoms with Crippen LogP contribution in [0.4, 0.5) is 0 Å². The van der Waals surface area contributed by atoms with Crippen molar-refractivity contribution in [1.82, 2.24) is 10.6 Å². The molecule has 0 bridgehead atoms. The molecule has 0 saturated carbocycles. The summed E-state index contributed by atoms with van der Waals surface area (Å²) in [6.45, 7) is 6.33. The molecular weight excluding hydrogens is 330 g/mol. The molecular formula is C17H26ClN3OS. The van der Waals surface area contributed by atoms with Crippen molar-refractivity contribution in [3.8, 4) is 0 Å². The van der Waals surface area contributed by atoms with Crippen LogP contribution in [-0.2, 0) is 0 Å². The zero-order valence-corrected chi connectivity index (χ0v) is 15.4. The molecule has 1 aromatic rings. The molecule has 0 aromatic heterocycles. The first-order valence-corrected chi connectivity index (χ1v) is 9.48. The molecule has 2 unspecified atom stereocenters. The molecule has 2 atom stereocenters. The van der Waals surface area contributed by atoms with Crippen LogP contribution in [0.15, 0.2) is 29.3 Å². The van der Waals surface area contributed by atoms with Gasteiger partial charge in [0.25, 0.3) is 0 Å². The summed E-state index contributed by atoms with van der Waals surface area (Å²) in [6, 6.07) is 7.26. The molecule has 128 valence electrons. The maximum atomic E-state index is 10.3. The number of benzene rings is 1. The predicted molar refractivity (Wildman–Crippen MR) is 100 cm³/mol. The zero-order valence-electron chi connectivity index (χ0n) is 13.8. The minimum Gasteiger partial charge on any atom is -0.387 e. The van der Waals surface area contributed by atoms with Crippen molar-refractivity contribution in [2.45, 2.75) is 37.5 Å². The van der Waals surface area contributed by atoms with Crippen molar-refractivity contribution < 1.29 is 5.11 Å². The molecule has 0 radical (unpaired) electrons. The molecule has 3 N–H and O–H groups in total. The van der Waals surface area contributed by atoms with Gasteiger partial charge in [-0.3, -0.25) is 4.99 Å². The third kappa shape index (κ3) is 5.90. The summed E-state index contributed by atoms with van der Waals surface area (Å²) in [5.74, 6) is 1.99. The molecule has 6 heteroatoms. The molecule has 0 amide bonds. The van der Waals surface area contributed by atoms with E-state index in [9.17, 15) is 5.11 Å². The van der Waals surface area contributed by atoms with Crippen molar-refractivity contribution in [3.63, 3.8) is 0 Å². The normalized spacial score (nSPS) is 22.9. The third-order valence-corrected chi connectivity index (χ3v) is 5.71. The summed E-state index contributed by atoms with van der Waals surface area (Å²) in [6.07, 6.45) is 1.90. The molecule has 23 heavy (non-hydrogen) atoms. The van der Waals surface area contributed by atoms with E-state index in [0.717, 1.165) is 24.6 Å². The van der Waals surface area contributed by atoms with Gasteiger partial charge in [-0.1, -0.05) is 23.7 Å². The first-order valence-electron chi connectivity index (χ1n) is 8.12. The topological polar surface area (TPSA) is 56.7 Å². The molecule has 1 aromatic carbocycles. The maximum Gasteiger partial charge on any atom is 0.191 e. The monoisotopic (exact) mass is 355 g/mol. The molecule has 1 heterocycles. The second-order valence-corrected chi connectivity index (χ2v) is 8.16. The molecule has 2 rings (SSSR count). The van der Waals surface area contributed by atoms with Gasteiger partial charge in [-0.25, -0.2) is 0 Å². The Morgan fingerprint density at radius 3 is 2.74 bits per heavy atom. The average molecular weight is 356 g/mol. The number of hydrogen-bond donors (Lipinski definition) is 3. The van der Waals surface area contributed by atoms with Crippen LogP contribution in [-0.4, -0.2) is 41.2 Å². The Hall–Kier alpha value is -0.910. The van der Waals surface area contributed by atoms with E-state index in [1.807, 2.05) is 30.8 Å².